The molecule has 14 heteroatoms. The van der Waals surface area contributed by atoms with Crippen molar-refractivity contribution in [3.8, 4) is 22.3 Å². The van der Waals surface area contributed by atoms with E-state index in [2.05, 4.69) is 9.97 Å². The van der Waals surface area contributed by atoms with Crippen molar-refractivity contribution in [2.75, 3.05) is 5.73 Å². The van der Waals surface area contributed by atoms with Crippen molar-refractivity contribution in [1.29, 1.82) is 0 Å². The molecule has 0 fully saturated rings. The fourth-order valence-corrected chi connectivity index (χ4v) is 5.02. The normalized spacial score (nSPS) is 11.4. The molecule has 0 aliphatic rings. The van der Waals surface area contributed by atoms with Crippen molar-refractivity contribution < 1.29 is 4.92 Å². The minimum absolute atomic E-state index is 0.0114. The smallest absolute Gasteiger partial charge is 0.332 e. The Morgan fingerprint density at radius 2 is 1.10 bits per heavy atom. The van der Waals surface area contributed by atoms with Gasteiger partial charge in [0.05, 0.1) is 32.6 Å². The van der Waals surface area contributed by atoms with Crippen LogP contribution in [0.5, 0.6) is 0 Å². The van der Waals surface area contributed by atoms with E-state index in [1.54, 1.807) is 31.2 Å². The second-order valence-electron chi connectivity index (χ2n) is 9.55. The Labute approximate surface area is 224 Å². The highest BCUT2D eigenvalue weighted by molar-refractivity contribution is 6.01. The molecule has 4 heterocycles. The average Bonchev–Trinajstić information content (AvgIpc) is 2.93. The van der Waals surface area contributed by atoms with Gasteiger partial charge >= 0.3 is 11.4 Å². The van der Waals surface area contributed by atoms with E-state index < -0.39 is 27.4 Å². The largest absolute Gasteiger partial charge is 0.397 e. The van der Waals surface area contributed by atoms with E-state index in [9.17, 15) is 29.3 Å². The number of pyridine rings is 2. The Balaban J connectivity index is 1.88. The summed E-state index contributed by atoms with van der Waals surface area (Å²) in [5.74, 6) is 0. The van der Waals surface area contributed by atoms with Crippen LogP contribution in [-0.4, -0.2) is 33.2 Å². The molecule has 1 aromatic carbocycles. The van der Waals surface area contributed by atoms with Gasteiger partial charge in [0.25, 0.3) is 16.8 Å². The van der Waals surface area contributed by atoms with Crippen molar-refractivity contribution in [1.82, 2.24) is 28.2 Å². The first-order valence-electron chi connectivity index (χ1n) is 12.0. The van der Waals surface area contributed by atoms with Crippen LogP contribution in [0.2, 0.25) is 0 Å². The lowest BCUT2D eigenvalue weighted by Gasteiger charge is -2.16. The molecule has 40 heavy (non-hydrogen) atoms. The Morgan fingerprint density at radius 1 is 0.700 bits per heavy atom. The zero-order valence-corrected chi connectivity index (χ0v) is 22.5. The number of fused-ring (bicyclic) bond motifs is 2. The minimum atomic E-state index is -0.725. The Kier molecular flexibility index (Phi) is 5.79. The van der Waals surface area contributed by atoms with E-state index in [1.807, 2.05) is 0 Å². The Hall–Kier alpha value is -5.40. The van der Waals surface area contributed by atoms with Crippen LogP contribution >= 0.6 is 0 Å². The molecule has 5 aromatic rings. The maximum Gasteiger partial charge on any atom is 0.332 e. The first-order valence-corrected chi connectivity index (χ1v) is 12.0. The molecular weight excluding hydrogens is 520 g/mol. The van der Waals surface area contributed by atoms with Gasteiger partial charge in [-0.05, 0) is 25.0 Å². The topological polar surface area (TPSA) is 183 Å². The molecule has 5 rings (SSSR count). The number of nitrogens with zero attached hydrogens (tertiary/aromatic N) is 7. The zero-order chi connectivity index (χ0) is 29.4. The van der Waals surface area contributed by atoms with Crippen LogP contribution in [0.3, 0.4) is 0 Å². The Morgan fingerprint density at radius 3 is 1.55 bits per heavy atom. The number of aryl methyl sites for hydroxylation is 4. The second-order valence-corrected chi connectivity index (χ2v) is 9.55. The van der Waals surface area contributed by atoms with Crippen molar-refractivity contribution in [2.45, 2.75) is 13.8 Å². The summed E-state index contributed by atoms with van der Waals surface area (Å²) >= 11 is 0. The molecule has 0 saturated heterocycles. The van der Waals surface area contributed by atoms with Gasteiger partial charge in [0.15, 0.2) is 5.65 Å². The molecule has 0 amide bonds. The molecule has 4 aromatic heterocycles. The third-order valence-electron chi connectivity index (χ3n) is 7.20. The summed E-state index contributed by atoms with van der Waals surface area (Å²) in [6, 6.07) is 6.35. The standard InChI is InChI=1S/C26H24N8O6/c1-11-19(27)15(17-21(28-11)30(3)25(37)32(5)23(17)35)13-7-9-14(10-8-13)16-18-22(29-12(2)20(16)34(39)40)31(4)26(38)33(6)24(18)36/h7-10H,27H2,1-6H3. The van der Waals surface area contributed by atoms with Gasteiger partial charge in [-0.2, -0.15) is 0 Å². The van der Waals surface area contributed by atoms with Crippen LogP contribution in [0.25, 0.3) is 44.3 Å². The van der Waals surface area contributed by atoms with E-state index >= 15 is 0 Å². The lowest BCUT2D eigenvalue weighted by molar-refractivity contribution is -0.384. The number of aromatic nitrogens is 6. The maximum absolute atomic E-state index is 13.2. The molecular formula is C26H24N8O6. The van der Waals surface area contributed by atoms with Crippen molar-refractivity contribution in [2.24, 2.45) is 28.2 Å². The van der Waals surface area contributed by atoms with Gasteiger partial charge in [0, 0.05) is 33.8 Å². The summed E-state index contributed by atoms with van der Waals surface area (Å²) in [5, 5.41) is 12.2. The zero-order valence-electron chi connectivity index (χ0n) is 22.5. The summed E-state index contributed by atoms with van der Waals surface area (Å²) in [6.45, 7) is 3.09. The van der Waals surface area contributed by atoms with Crippen molar-refractivity contribution >= 4 is 33.4 Å². The molecule has 14 nitrogen and oxygen atoms in total. The van der Waals surface area contributed by atoms with Gasteiger partial charge in [-0.25, -0.2) is 19.6 Å². The third-order valence-corrected chi connectivity index (χ3v) is 7.20. The molecule has 204 valence electrons. The molecule has 0 unspecified atom stereocenters. The first-order chi connectivity index (χ1) is 18.8. The first kappa shape index (κ1) is 26.2. The lowest BCUT2D eigenvalue weighted by atomic mass is 9.95. The predicted molar refractivity (Wildman–Crippen MR) is 149 cm³/mol. The van der Waals surface area contributed by atoms with Gasteiger partial charge in [0.1, 0.15) is 11.3 Å². The number of nitrogens with two attached hydrogens (primary N) is 1. The monoisotopic (exact) mass is 544 g/mol. The van der Waals surface area contributed by atoms with Gasteiger partial charge in [0.2, 0.25) is 0 Å². The van der Waals surface area contributed by atoms with Crippen LogP contribution in [0.4, 0.5) is 11.4 Å². The summed E-state index contributed by atoms with van der Waals surface area (Å²) in [6.07, 6.45) is 0. The molecule has 0 aliphatic carbocycles. The quantitative estimate of drug-likeness (QED) is 0.256. The molecule has 0 radical (unpaired) electrons. The number of benzene rings is 1. The fraction of sp³-hybridized carbons (Fsp3) is 0.231. The third kappa shape index (κ3) is 3.49. The molecule has 0 bridgehead atoms. The second kappa shape index (κ2) is 8.83. The molecule has 0 atom stereocenters. The van der Waals surface area contributed by atoms with E-state index in [4.69, 9.17) is 5.73 Å². The van der Waals surface area contributed by atoms with Crippen molar-refractivity contribution in [3.05, 3.63) is 87.4 Å². The van der Waals surface area contributed by atoms with Crippen LogP contribution < -0.4 is 28.2 Å². The number of nitrogen functional groups attached to an aromatic ring is 1. The summed E-state index contributed by atoms with van der Waals surface area (Å²) in [5.41, 5.74) is 5.58. The number of nitro groups is 1. The highest BCUT2D eigenvalue weighted by atomic mass is 16.6. The van der Waals surface area contributed by atoms with Crippen LogP contribution in [0, 0.1) is 24.0 Å². The van der Waals surface area contributed by atoms with Crippen molar-refractivity contribution in [3.63, 3.8) is 0 Å². The number of hydrogen-bond acceptors (Lipinski definition) is 9. The maximum atomic E-state index is 13.2. The molecule has 2 N–H and O–H groups in total. The number of rotatable bonds is 3. The predicted octanol–water partition coefficient (Wildman–Crippen LogP) is 1.02. The average molecular weight is 545 g/mol. The van der Waals surface area contributed by atoms with Gasteiger partial charge < -0.3 is 5.73 Å². The summed E-state index contributed by atoms with van der Waals surface area (Å²) in [4.78, 5) is 71.6. The van der Waals surface area contributed by atoms with E-state index in [-0.39, 0.29) is 44.7 Å². The van der Waals surface area contributed by atoms with E-state index in [0.29, 0.717) is 22.4 Å². The van der Waals surface area contributed by atoms with Crippen LogP contribution in [-0.2, 0) is 28.2 Å². The van der Waals surface area contributed by atoms with Crippen LogP contribution in [0.15, 0.2) is 43.4 Å². The van der Waals surface area contributed by atoms with Gasteiger partial charge in [-0.1, -0.05) is 24.3 Å². The number of anilines is 1. The minimum Gasteiger partial charge on any atom is -0.397 e. The highest BCUT2D eigenvalue weighted by Crippen LogP contribution is 2.39. The van der Waals surface area contributed by atoms with E-state index in [1.165, 1.54) is 39.7 Å². The van der Waals surface area contributed by atoms with Gasteiger partial charge in [-0.3, -0.25) is 38.0 Å². The fourth-order valence-electron chi connectivity index (χ4n) is 5.02. The molecule has 0 aliphatic heterocycles. The lowest BCUT2D eigenvalue weighted by Crippen LogP contribution is -2.37. The van der Waals surface area contributed by atoms with E-state index in [0.717, 1.165) is 13.7 Å². The highest BCUT2D eigenvalue weighted by Gasteiger charge is 2.28. The summed E-state index contributed by atoms with van der Waals surface area (Å²) in [7, 11) is 5.58. The number of hydrogen-bond donors (Lipinski definition) is 1. The molecule has 0 saturated carbocycles. The van der Waals surface area contributed by atoms with Crippen LogP contribution in [0.1, 0.15) is 11.4 Å². The van der Waals surface area contributed by atoms with Gasteiger partial charge in [-0.15, -0.1) is 0 Å². The Bertz CT molecular complexity index is 2190. The summed E-state index contributed by atoms with van der Waals surface area (Å²) < 4.78 is 4.26. The SMILES string of the molecule is Cc1nc2c(c(-c3ccc(-c4c([N+](=O)[O-])c(C)nc5c4c(=O)n(C)c(=O)n5C)cc3)c1N)c(=O)n(C)c(=O)n2C. The molecule has 0 spiro atoms.